The minimum atomic E-state index is -4.05. The minimum absolute atomic E-state index is 0.0560. The molecule has 2 amide bonds. The van der Waals surface area contributed by atoms with Crippen molar-refractivity contribution >= 4 is 21.8 Å². The maximum Gasteiger partial charge on any atom is 0.251 e. The van der Waals surface area contributed by atoms with Gasteiger partial charge in [-0.05, 0) is 31.0 Å². The zero-order valence-corrected chi connectivity index (χ0v) is 17.0. The fourth-order valence-electron chi connectivity index (χ4n) is 3.45. The Morgan fingerprint density at radius 1 is 1.14 bits per heavy atom. The van der Waals surface area contributed by atoms with Gasteiger partial charge in [0.05, 0.1) is 13.2 Å². The van der Waals surface area contributed by atoms with Crippen molar-refractivity contribution < 1.29 is 27.1 Å². The first-order valence-corrected chi connectivity index (χ1v) is 11.3. The molecular formula is C19H26FN3O5S. The number of rotatable bonds is 6. The first-order chi connectivity index (χ1) is 13.9. The summed E-state index contributed by atoms with van der Waals surface area (Å²) in [6.07, 6.45) is 3.37. The van der Waals surface area contributed by atoms with Crippen LogP contribution in [0.15, 0.2) is 23.1 Å². The summed E-state index contributed by atoms with van der Waals surface area (Å²) in [4.78, 5) is 25.6. The molecular weight excluding hydrogens is 401 g/mol. The maximum atomic E-state index is 14.2. The van der Waals surface area contributed by atoms with E-state index in [-0.39, 0.29) is 44.3 Å². The van der Waals surface area contributed by atoms with Gasteiger partial charge in [-0.15, -0.1) is 0 Å². The molecule has 2 aliphatic heterocycles. The zero-order chi connectivity index (χ0) is 20.9. The average molecular weight is 427 g/mol. The van der Waals surface area contributed by atoms with Gasteiger partial charge in [-0.3, -0.25) is 9.59 Å². The predicted octanol–water partition coefficient (Wildman–Crippen LogP) is 0.979. The molecule has 0 aromatic heterocycles. The van der Waals surface area contributed by atoms with E-state index >= 15 is 0 Å². The third-order valence-corrected chi connectivity index (χ3v) is 7.03. The number of amides is 2. The van der Waals surface area contributed by atoms with E-state index in [1.165, 1.54) is 6.07 Å². The molecule has 1 aromatic rings. The van der Waals surface area contributed by atoms with E-state index in [0.717, 1.165) is 35.7 Å². The van der Waals surface area contributed by atoms with Crippen molar-refractivity contribution in [2.45, 2.75) is 30.6 Å². The van der Waals surface area contributed by atoms with Crippen LogP contribution in [0.5, 0.6) is 0 Å². The molecule has 2 heterocycles. The lowest BCUT2D eigenvalue weighted by molar-refractivity contribution is -0.130. The molecule has 2 aliphatic rings. The van der Waals surface area contributed by atoms with Gasteiger partial charge in [-0.1, -0.05) is 6.42 Å². The number of hydrogen-bond donors (Lipinski definition) is 1. The summed E-state index contributed by atoms with van der Waals surface area (Å²) in [6, 6.07) is 3.30. The second kappa shape index (κ2) is 9.64. The molecule has 0 bridgehead atoms. The summed E-state index contributed by atoms with van der Waals surface area (Å²) in [5.74, 6) is -1.33. The molecule has 3 rings (SSSR count). The van der Waals surface area contributed by atoms with E-state index in [4.69, 9.17) is 4.74 Å². The summed E-state index contributed by atoms with van der Waals surface area (Å²) in [6.45, 7) is 2.09. The van der Waals surface area contributed by atoms with E-state index in [9.17, 15) is 22.4 Å². The number of carbonyl (C=O) groups is 2. The molecule has 0 atom stereocenters. The number of sulfonamides is 1. The molecule has 0 aliphatic carbocycles. The van der Waals surface area contributed by atoms with Crippen molar-refractivity contribution in [2.75, 3.05) is 45.9 Å². The van der Waals surface area contributed by atoms with Crippen LogP contribution in [-0.2, 0) is 19.6 Å². The lowest BCUT2D eigenvalue weighted by Gasteiger charge is -2.26. The Morgan fingerprint density at radius 2 is 1.90 bits per heavy atom. The van der Waals surface area contributed by atoms with Gasteiger partial charge < -0.3 is 15.0 Å². The van der Waals surface area contributed by atoms with Gasteiger partial charge in [-0.25, -0.2) is 12.8 Å². The molecule has 160 valence electrons. The Hall–Kier alpha value is -2.04. The topological polar surface area (TPSA) is 96.0 Å². The van der Waals surface area contributed by atoms with Crippen molar-refractivity contribution in [1.29, 1.82) is 0 Å². The van der Waals surface area contributed by atoms with E-state index in [1.807, 2.05) is 0 Å². The fraction of sp³-hybridized carbons (Fsp3) is 0.579. The first-order valence-electron chi connectivity index (χ1n) is 9.83. The molecule has 0 unspecified atom stereocenters. The normalized spacial score (nSPS) is 19.1. The van der Waals surface area contributed by atoms with Crippen LogP contribution in [0.4, 0.5) is 4.39 Å². The van der Waals surface area contributed by atoms with Crippen molar-refractivity contribution in [2.24, 2.45) is 0 Å². The highest BCUT2D eigenvalue weighted by molar-refractivity contribution is 7.89. The second-order valence-corrected chi connectivity index (χ2v) is 9.02. The first kappa shape index (κ1) is 21.7. The van der Waals surface area contributed by atoms with Crippen molar-refractivity contribution in [1.82, 2.24) is 14.5 Å². The minimum Gasteiger partial charge on any atom is -0.379 e. The summed E-state index contributed by atoms with van der Waals surface area (Å²) >= 11 is 0. The van der Waals surface area contributed by atoms with Gasteiger partial charge in [0.1, 0.15) is 10.7 Å². The molecule has 1 aromatic carbocycles. The number of morpholine rings is 1. The number of nitrogens with zero attached hydrogens (tertiary/aromatic N) is 2. The number of halogens is 1. The SMILES string of the molecule is O=C(NCCN1CCCCCC1=O)c1ccc(F)c(S(=O)(=O)N2CCOCC2)c1. The molecule has 0 radical (unpaired) electrons. The lowest BCUT2D eigenvalue weighted by Crippen LogP contribution is -2.41. The Bertz CT molecular complexity index is 855. The lowest BCUT2D eigenvalue weighted by atomic mass is 10.2. The molecule has 8 nitrogen and oxygen atoms in total. The monoisotopic (exact) mass is 427 g/mol. The highest BCUT2D eigenvalue weighted by Gasteiger charge is 2.29. The fourth-order valence-corrected chi connectivity index (χ4v) is 4.95. The van der Waals surface area contributed by atoms with Gasteiger partial charge in [0.15, 0.2) is 0 Å². The zero-order valence-electron chi connectivity index (χ0n) is 16.2. The highest BCUT2D eigenvalue weighted by Crippen LogP contribution is 2.22. The Morgan fingerprint density at radius 3 is 2.66 bits per heavy atom. The molecule has 2 saturated heterocycles. The van der Waals surface area contributed by atoms with E-state index in [0.29, 0.717) is 19.5 Å². The van der Waals surface area contributed by atoms with Crippen LogP contribution in [-0.4, -0.2) is 75.4 Å². The summed E-state index contributed by atoms with van der Waals surface area (Å²) in [5.41, 5.74) is 0.0560. The van der Waals surface area contributed by atoms with Gasteiger partial charge in [0.25, 0.3) is 5.91 Å². The quantitative estimate of drug-likeness (QED) is 0.730. The van der Waals surface area contributed by atoms with E-state index in [2.05, 4.69) is 5.32 Å². The van der Waals surface area contributed by atoms with Crippen molar-refractivity contribution in [3.8, 4) is 0 Å². The van der Waals surface area contributed by atoms with E-state index in [1.54, 1.807) is 4.90 Å². The van der Waals surface area contributed by atoms with Crippen molar-refractivity contribution in [3.63, 3.8) is 0 Å². The van der Waals surface area contributed by atoms with Crippen LogP contribution in [0.3, 0.4) is 0 Å². The largest absolute Gasteiger partial charge is 0.379 e. The smallest absolute Gasteiger partial charge is 0.251 e. The molecule has 1 N–H and O–H groups in total. The third kappa shape index (κ3) is 5.31. The van der Waals surface area contributed by atoms with Crippen LogP contribution in [0.25, 0.3) is 0 Å². The number of likely N-dealkylation sites (tertiary alicyclic amines) is 1. The maximum absolute atomic E-state index is 14.2. The van der Waals surface area contributed by atoms with Crippen LogP contribution < -0.4 is 5.32 Å². The predicted molar refractivity (Wildman–Crippen MR) is 103 cm³/mol. The number of ether oxygens (including phenoxy) is 1. The van der Waals surface area contributed by atoms with Gasteiger partial charge >= 0.3 is 0 Å². The summed E-state index contributed by atoms with van der Waals surface area (Å²) in [5, 5.41) is 2.68. The Balaban J connectivity index is 1.65. The Labute approximate surface area is 170 Å². The van der Waals surface area contributed by atoms with Crippen LogP contribution in [0.2, 0.25) is 0 Å². The van der Waals surface area contributed by atoms with Crippen LogP contribution in [0.1, 0.15) is 36.0 Å². The molecule has 29 heavy (non-hydrogen) atoms. The van der Waals surface area contributed by atoms with Gasteiger partial charge in [0.2, 0.25) is 15.9 Å². The van der Waals surface area contributed by atoms with Crippen LogP contribution >= 0.6 is 0 Å². The van der Waals surface area contributed by atoms with E-state index < -0.39 is 26.6 Å². The molecule has 2 fully saturated rings. The number of nitrogens with one attached hydrogen (secondary N) is 1. The standard InChI is InChI=1S/C19H26FN3O5S/c20-16-6-5-15(14-17(16)29(26,27)23-10-12-28-13-11-23)19(25)21-7-9-22-8-3-1-2-4-18(22)24/h5-6,14H,1-4,7-13H2,(H,21,25). The second-order valence-electron chi connectivity index (χ2n) is 7.11. The van der Waals surface area contributed by atoms with Crippen LogP contribution in [0, 0.1) is 5.82 Å². The number of hydrogen-bond acceptors (Lipinski definition) is 5. The average Bonchev–Trinajstić information content (AvgIpc) is 2.93. The molecule has 0 spiro atoms. The number of benzene rings is 1. The van der Waals surface area contributed by atoms with Crippen molar-refractivity contribution in [3.05, 3.63) is 29.6 Å². The van der Waals surface area contributed by atoms with Gasteiger partial charge in [-0.2, -0.15) is 4.31 Å². The highest BCUT2D eigenvalue weighted by atomic mass is 32.2. The number of carbonyl (C=O) groups excluding carboxylic acids is 2. The molecule has 0 saturated carbocycles. The van der Waals surface area contributed by atoms with Gasteiger partial charge in [0, 0.05) is 44.7 Å². The molecule has 10 heteroatoms. The summed E-state index contributed by atoms with van der Waals surface area (Å²) in [7, 11) is -4.05. The summed E-state index contributed by atoms with van der Waals surface area (Å²) < 4.78 is 46.0. The third-order valence-electron chi connectivity index (χ3n) is 5.12. The Kier molecular flexibility index (Phi) is 7.20.